The van der Waals surface area contributed by atoms with E-state index < -0.39 is 6.10 Å². The van der Waals surface area contributed by atoms with Gasteiger partial charge >= 0.3 is 0 Å². The van der Waals surface area contributed by atoms with Gasteiger partial charge in [0.2, 0.25) is 5.95 Å². The molecule has 3 aromatic rings. The van der Waals surface area contributed by atoms with Crippen LogP contribution in [-0.2, 0) is 11.8 Å². The molecule has 2 fully saturated rings. The summed E-state index contributed by atoms with van der Waals surface area (Å²) in [5, 5.41) is 26.6. The SMILES string of the molecule is Cn1cnnc1-c1cc2cnc(N[C@@H]3CCOC[C@H]3O)nn2c1C1CCCC1. The second-order valence-corrected chi connectivity index (χ2v) is 7.79. The number of fused-ring (bicyclic) bond motifs is 1. The van der Waals surface area contributed by atoms with Gasteiger partial charge in [-0.15, -0.1) is 15.3 Å². The first-order chi connectivity index (χ1) is 13.7. The quantitative estimate of drug-likeness (QED) is 0.707. The fourth-order valence-corrected chi connectivity index (χ4v) is 4.41. The molecule has 1 aliphatic heterocycles. The van der Waals surface area contributed by atoms with Crippen molar-refractivity contribution in [1.29, 1.82) is 0 Å². The molecule has 3 aromatic heterocycles. The van der Waals surface area contributed by atoms with Gasteiger partial charge in [-0.05, 0) is 25.3 Å². The van der Waals surface area contributed by atoms with Crippen LogP contribution in [0.25, 0.3) is 16.9 Å². The van der Waals surface area contributed by atoms with Gasteiger partial charge in [0.05, 0.1) is 36.2 Å². The second-order valence-electron chi connectivity index (χ2n) is 7.79. The van der Waals surface area contributed by atoms with E-state index in [9.17, 15) is 5.11 Å². The Hall–Kier alpha value is -2.52. The summed E-state index contributed by atoms with van der Waals surface area (Å²) >= 11 is 0. The van der Waals surface area contributed by atoms with Gasteiger partial charge in [0.15, 0.2) is 5.82 Å². The van der Waals surface area contributed by atoms with Crippen molar-refractivity contribution in [2.24, 2.45) is 7.05 Å². The van der Waals surface area contributed by atoms with Gasteiger partial charge in [-0.25, -0.2) is 9.50 Å². The molecule has 9 heteroatoms. The highest BCUT2D eigenvalue weighted by Gasteiger charge is 2.28. The van der Waals surface area contributed by atoms with E-state index >= 15 is 0 Å². The van der Waals surface area contributed by atoms with E-state index in [-0.39, 0.29) is 6.04 Å². The molecule has 0 bridgehead atoms. The van der Waals surface area contributed by atoms with Crippen molar-refractivity contribution in [2.75, 3.05) is 18.5 Å². The molecule has 28 heavy (non-hydrogen) atoms. The molecule has 0 spiro atoms. The van der Waals surface area contributed by atoms with Crippen molar-refractivity contribution in [3.8, 4) is 11.4 Å². The maximum Gasteiger partial charge on any atom is 0.241 e. The van der Waals surface area contributed by atoms with E-state index in [2.05, 4.69) is 26.6 Å². The molecular formula is C19H25N7O2. The number of anilines is 1. The maximum absolute atomic E-state index is 10.2. The molecule has 2 aliphatic rings. The highest BCUT2D eigenvalue weighted by Crippen LogP contribution is 2.40. The van der Waals surface area contributed by atoms with E-state index in [0.717, 1.165) is 36.2 Å². The number of rotatable bonds is 4. The predicted molar refractivity (Wildman–Crippen MR) is 103 cm³/mol. The average Bonchev–Trinajstić information content (AvgIpc) is 3.42. The molecule has 5 rings (SSSR count). The first kappa shape index (κ1) is 17.6. The molecule has 9 nitrogen and oxygen atoms in total. The number of hydrogen-bond donors (Lipinski definition) is 2. The predicted octanol–water partition coefficient (Wildman–Crippen LogP) is 1.74. The van der Waals surface area contributed by atoms with Crippen LogP contribution in [0.15, 0.2) is 18.6 Å². The molecule has 0 amide bonds. The first-order valence-corrected chi connectivity index (χ1v) is 9.96. The van der Waals surface area contributed by atoms with Crippen molar-refractivity contribution < 1.29 is 9.84 Å². The zero-order valence-electron chi connectivity index (χ0n) is 16.0. The Balaban J connectivity index is 1.57. The third-order valence-electron chi connectivity index (χ3n) is 5.89. The molecular weight excluding hydrogens is 358 g/mol. The number of hydrogen-bond acceptors (Lipinski definition) is 7. The Labute approximate surface area is 162 Å². The molecule has 0 aromatic carbocycles. The summed E-state index contributed by atoms with van der Waals surface area (Å²) in [4.78, 5) is 4.48. The Morgan fingerprint density at radius 2 is 2.11 bits per heavy atom. The van der Waals surface area contributed by atoms with Crippen LogP contribution in [0.3, 0.4) is 0 Å². The summed E-state index contributed by atoms with van der Waals surface area (Å²) in [7, 11) is 1.96. The van der Waals surface area contributed by atoms with Crippen molar-refractivity contribution >= 4 is 11.5 Å². The molecule has 148 valence electrons. The summed E-state index contributed by atoms with van der Waals surface area (Å²) < 4.78 is 9.25. The lowest BCUT2D eigenvalue weighted by Crippen LogP contribution is -2.42. The molecule has 2 N–H and O–H groups in total. The van der Waals surface area contributed by atoms with Gasteiger partial charge in [-0.3, -0.25) is 0 Å². The van der Waals surface area contributed by atoms with Gasteiger partial charge in [-0.2, -0.15) is 0 Å². The zero-order chi connectivity index (χ0) is 19.1. The van der Waals surface area contributed by atoms with Gasteiger partial charge in [0.25, 0.3) is 0 Å². The van der Waals surface area contributed by atoms with Gasteiger partial charge in [0.1, 0.15) is 6.33 Å². The van der Waals surface area contributed by atoms with Crippen molar-refractivity contribution in [1.82, 2.24) is 29.4 Å². The molecule has 1 saturated carbocycles. The van der Waals surface area contributed by atoms with E-state index in [1.165, 1.54) is 18.5 Å². The standard InChI is InChI=1S/C19H25N7O2/c1-25-11-21-23-18(25)14-8-13-9-20-19(22-15-6-7-28-10-16(15)27)24-26(13)17(14)12-4-2-3-5-12/h8-9,11-12,15-16,27H,2-7,10H2,1H3,(H,22,24)/t15-,16-/m1/s1. The van der Waals surface area contributed by atoms with Crippen LogP contribution in [0, 0.1) is 0 Å². The fourth-order valence-electron chi connectivity index (χ4n) is 4.41. The number of aromatic nitrogens is 6. The van der Waals surface area contributed by atoms with Crippen molar-refractivity contribution in [2.45, 2.75) is 50.2 Å². The van der Waals surface area contributed by atoms with Crippen LogP contribution in [0.4, 0.5) is 5.95 Å². The zero-order valence-corrected chi connectivity index (χ0v) is 16.0. The number of aliphatic hydroxyl groups is 1. The van der Waals surface area contributed by atoms with Crippen LogP contribution in [0.2, 0.25) is 0 Å². The number of aliphatic hydroxyl groups excluding tert-OH is 1. The summed E-state index contributed by atoms with van der Waals surface area (Å²) in [5.41, 5.74) is 3.20. The van der Waals surface area contributed by atoms with Crippen LogP contribution in [0.5, 0.6) is 0 Å². The lowest BCUT2D eigenvalue weighted by atomic mass is 10.00. The van der Waals surface area contributed by atoms with E-state index in [1.54, 1.807) is 6.33 Å². The smallest absolute Gasteiger partial charge is 0.241 e. The topological polar surface area (TPSA) is 102 Å². The third kappa shape index (κ3) is 3.04. The van der Waals surface area contributed by atoms with E-state index in [0.29, 0.717) is 25.1 Å². The molecule has 1 saturated heterocycles. The summed E-state index contributed by atoms with van der Waals surface area (Å²) in [6.07, 6.45) is 8.52. The number of nitrogens with one attached hydrogen (secondary N) is 1. The monoisotopic (exact) mass is 383 g/mol. The van der Waals surface area contributed by atoms with Crippen LogP contribution >= 0.6 is 0 Å². The summed E-state index contributed by atoms with van der Waals surface area (Å²) in [5.74, 6) is 1.82. The fraction of sp³-hybridized carbons (Fsp3) is 0.579. The minimum absolute atomic E-state index is 0.102. The lowest BCUT2D eigenvalue weighted by Gasteiger charge is -2.28. The van der Waals surface area contributed by atoms with Crippen LogP contribution in [-0.4, -0.2) is 59.8 Å². The molecule has 4 heterocycles. The largest absolute Gasteiger partial charge is 0.389 e. The van der Waals surface area contributed by atoms with E-state index in [1.807, 2.05) is 22.3 Å². The normalized spacial score (nSPS) is 23.5. The number of ether oxygens (including phenoxy) is 1. The molecule has 2 atom stereocenters. The van der Waals surface area contributed by atoms with Crippen molar-refractivity contribution in [3.05, 3.63) is 24.3 Å². The van der Waals surface area contributed by atoms with Gasteiger partial charge < -0.3 is 19.7 Å². The second kappa shape index (κ2) is 7.14. The Morgan fingerprint density at radius 1 is 1.25 bits per heavy atom. The molecule has 0 radical (unpaired) electrons. The highest BCUT2D eigenvalue weighted by atomic mass is 16.5. The minimum Gasteiger partial charge on any atom is -0.389 e. The minimum atomic E-state index is -0.554. The first-order valence-electron chi connectivity index (χ1n) is 9.96. The third-order valence-corrected chi connectivity index (χ3v) is 5.89. The highest BCUT2D eigenvalue weighted by molar-refractivity contribution is 5.69. The molecule has 1 aliphatic carbocycles. The average molecular weight is 383 g/mol. The lowest BCUT2D eigenvalue weighted by molar-refractivity contribution is -0.0136. The summed E-state index contributed by atoms with van der Waals surface area (Å²) in [6.45, 7) is 0.969. The van der Waals surface area contributed by atoms with Crippen molar-refractivity contribution in [3.63, 3.8) is 0 Å². The number of nitrogens with zero attached hydrogens (tertiary/aromatic N) is 6. The Bertz CT molecular complexity index is 976. The number of aryl methyl sites for hydroxylation is 1. The van der Waals surface area contributed by atoms with Gasteiger partial charge in [-0.1, -0.05) is 12.8 Å². The Morgan fingerprint density at radius 3 is 2.86 bits per heavy atom. The summed E-state index contributed by atoms with van der Waals surface area (Å²) in [6, 6.07) is 2.00. The van der Waals surface area contributed by atoms with Gasteiger partial charge in [0, 0.05) is 25.1 Å². The van der Waals surface area contributed by atoms with Crippen LogP contribution < -0.4 is 5.32 Å². The van der Waals surface area contributed by atoms with Crippen LogP contribution in [0.1, 0.15) is 43.7 Å². The Kier molecular flexibility index (Phi) is 4.48. The van der Waals surface area contributed by atoms with E-state index in [4.69, 9.17) is 9.84 Å². The maximum atomic E-state index is 10.2. The molecule has 0 unspecified atom stereocenters.